The van der Waals surface area contributed by atoms with Gasteiger partial charge >= 0.3 is 6.01 Å². The minimum Gasteiger partial charge on any atom is -0.463 e. The quantitative estimate of drug-likeness (QED) is 0.441. The van der Waals surface area contributed by atoms with E-state index in [9.17, 15) is 0 Å². The van der Waals surface area contributed by atoms with Crippen LogP contribution in [0.5, 0.6) is 6.01 Å². The van der Waals surface area contributed by atoms with Crippen molar-refractivity contribution in [1.82, 2.24) is 25.2 Å². The Hall–Kier alpha value is -3.36. The second-order valence-corrected chi connectivity index (χ2v) is 9.72. The highest BCUT2D eigenvalue weighted by atomic mass is 19.1. The molecular formula is C30H39FN6O. The van der Waals surface area contributed by atoms with Gasteiger partial charge < -0.3 is 19.9 Å². The van der Waals surface area contributed by atoms with Gasteiger partial charge in [-0.2, -0.15) is 9.97 Å². The Balaban J connectivity index is 1.78. The van der Waals surface area contributed by atoms with Crippen LogP contribution in [0.4, 0.5) is 10.2 Å². The van der Waals surface area contributed by atoms with E-state index < -0.39 is 5.82 Å². The molecule has 1 aromatic carbocycles. The molecule has 1 saturated heterocycles. The van der Waals surface area contributed by atoms with Gasteiger partial charge in [-0.1, -0.05) is 49.9 Å². The number of allylic oxidation sites excluding steroid dienone is 1. The highest BCUT2D eigenvalue weighted by Crippen LogP contribution is 2.31. The van der Waals surface area contributed by atoms with Gasteiger partial charge in [0, 0.05) is 44.0 Å². The van der Waals surface area contributed by atoms with Crippen molar-refractivity contribution in [2.24, 2.45) is 0 Å². The van der Waals surface area contributed by atoms with Gasteiger partial charge in [-0.25, -0.2) is 4.39 Å². The van der Waals surface area contributed by atoms with Crippen molar-refractivity contribution >= 4 is 28.9 Å². The van der Waals surface area contributed by atoms with Crippen LogP contribution in [0.3, 0.4) is 0 Å². The fourth-order valence-electron chi connectivity index (χ4n) is 4.85. The number of aromatic nitrogens is 3. The van der Waals surface area contributed by atoms with Gasteiger partial charge in [0.2, 0.25) is 0 Å². The van der Waals surface area contributed by atoms with Crippen molar-refractivity contribution in [3.05, 3.63) is 53.3 Å². The van der Waals surface area contributed by atoms with E-state index >= 15 is 4.39 Å². The minimum absolute atomic E-state index is 0.195. The van der Waals surface area contributed by atoms with Crippen LogP contribution in [0.15, 0.2) is 37.1 Å². The van der Waals surface area contributed by atoms with Crippen LogP contribution in [0.2, 0.25) is 0 Å². The number of hydrogen-bond acceptors (Lipinski definition) is 7. The first kappa shape index (κ1) is 27.7. The number of pyridine rings is 1. The number of piperazine rings is 1. The van der Waals surface area contributed by atoms with Gasteiger partial charge in [0.05, 0.1) is 12.0 Å². The summed E-state index contributed by atoms with van der Waals surface area (Å²) < 4.78 is 22.3. The monoisotopic (exact) mass is 518 g/mol. The number of benzene rings is 1. The van der Waals surface area contributed by atoms with Crippen molar-refractivity contribution in [3.8, 4) is 17.3 Å². The lowest BCUT2D eigenvalue weighted by Gasteiger charge is -2.29. The predicted octanol–water partition coefficient (Wildman–Crippen LogP) is 3.51. The normalized spacial score (nSPS) is 15.9. The zero-order valence-electron chi connectivity index (χ0n) is 23.0. The Morgan fingerprint density at radius 1 is 1.26 bits per heavy atom. The molecule has 0 spiro atoms. The summed E-state index contributed by atoms with van der Waals surface area (Å²) in [5.41, 5.74) is 1.16. The Morgan fingerprint density at radius 2 is 2.05 bits per heavy atom. The lowest BCUT2D eigenvalue weighted by molar-refractivity contribution is 0.200. The second kappa shape index (κ2) is 12.9. The molecule has 7 nitrogen and oxygen atoms in total. The molecule has 0 aliphatic carbocycles. The maximum Gasteiger partial charge on any atom is 0.319 e. The van der Waals surface area contributed by atoms with Crippen LogP contribution in [0.25, 0.3) is 34.3 Å². The number of nitrogens with one attached hydrogen (secondary N) is 1. The van der Waals surface area contributed by atoms with Crippen molar-refractivity contribution in [1.29, 1.82) is 0 Å². The first-order valence-corrected chi connectivity index (χ1v) is 13.5. The average Bonchev–Trinajstić information content (AvgIpc) is 2.94. The van der Waals surface area contributed by atoms with Crippen LogP contribution in [-0.2, 0) is 0 Å². The van der Waals surface area contributed by atoms with Gasteiger partial charge in [0.1, 0.15) is 17.0 Å². The fourth-order valence-corrected chi connectivity index (χ4v) is 4.85. The molecule has 2 aromatic heterocycles. The summed E-state index contributed by atoms with van der Waals surface area (Å²) in [5.74, 6) is 0.184. The van der Waals surface area contributed by atoms with Gasteiger partial charge in [0.15, 0.2) is 5.82 Å². The number of nitrogens with zero attached hydrogens (tertiary/aromatic N) is 5. The van der Waals surface area contributed by atoms with Crippen molar-refractivity contribution in [3.63, 3.8) is 0 Å². The fraction of sp³-hybridized carbons (Fsp3) is 0.433. The zero-order valence-corrected chi connectivity index (χ0v) is 23.0. The third kappa shape index (κ3) is 6.03. The third-order valence-corrected chi connectivity index (χ3v) is 7.15. The molecule has 3 heterocycles. The van der Waals surface area contributed by atoms with E-state index in [1.807, 2.05) is 37.3 Å². The molecule has 0 saturated carbocycles. The molecule has 1 fully saturated rings. The second-order valence-electron chi connectivity index (χ2n) is 9.72. The summed E-state index contributed by atoms with van der Waals surface area (Å²) >= 11 is 0. The molecule has 4 rings (SSSR count). The van der Waals surface area contributed by atoms with E-state index in [0.29, 0.717) is 29.4 Å². The Bertz CT molecular complexity index is 1390. The standard InChI is InChI=1S/C30H39FN6O/c1-6-10-23-22(8-3)11-9-12-24(23)27-26(31)28-25(20-33-27)29(37-17-14-32-15-18-37)35-30(34-28)38-19-13-21(4)36(5)16-7-2/h6,8-12,20-21,32H,1,7,13-19H2,2-5H3/b22-8-,23-10+. The topological polar surface area (TPSA) is 66.4 Å². The maximum atomic E-state index is 16.3. The number of fused-ring (bicyclic) bond motifs is 1. The van der Waals surface area contributed by atoms with E-state index in [1.54, 1.807) is 12.3 Å². The van der Waals surface area contributed by atoms with Crippen LogP contribution < -0.4 is 25.4 Å². The largest absolute Gasteiger partial charge is 0.463 e. The van der Waals surface area contributed by atoms with E-state index in [4.69, 9.17) is 9.72 Å². The molecule has 3 aromatic rings. The average molecular weight is 519 g/mol. The smallest absolute Gasteiger partial charge is 0.319 e. The van der Waals surface area contributed by atoms with E-state index in [1.165, 1.54) is 0 Å². The van der Waals surface area contributed by atoms with E-state index in [0.717, 1.165) is 56.0 Å². The summed E-state index contributed by atoms with van der Waals surface area (Å²) in [6.45, 7) is 14.8. The molecule has 38 heavy (non-hydrogen) atoms. The summed E-state index contributed by atoms with van der Waals surface area (Å²) in [4.78, 5) is 18.4. The van der Waals surface area contributed by atoms with Crippen molar-refractivity contribution in [2.75, 3.05) is 51.3 Å². The zero-order chi connectivity index (χ0) is 27.1. The van der Waals surface area contributed by atoms with Crippen molar-refractivity contribution in [2.45, 2.75) is 39.7 Å². The van der Waals surface area contributed by atoms with E-state index in [-0.39, 0.29) is 17.2 Å². The Kier molecular flexibility index (Phi) is 9.42. The predicted molar refractivity (Wildman–Crippen MR) is 154 cm³/mol. The Labute approximate surface area is 224 Å². The molecule has 1 aliphatic rings. The van der Waals surface area contributed by atoms with E-state index in [2.05, 4.69) is 52.6 Å². The van der Waals surface area contributed by atoms with Gasteiger partial charge in [-0.15, -0.1) is 0 Å². The van der Waals surface area contributed by atoms with Crippen LogP contribution >= 0.6 is 0 Å². The number of hydrogen-bond donors (Lipinski definition) is 1. The SMILES string of the molecule is C=C/C=c1/c(-c2ncc3c(N4CCNCC4)nc(OCCC(C)N(C)CCC)nc3c2F)ccc/c1=C/C. The molecule has 0 bridgehead atoms. The minimum atomic E-state index is -0.478. The first-order chi connectivity index (χ1) is 18.5. The highest BCUT2D eigenvalue weighted by molar-refractivity contribution is 5.92. The van der Waals surface area contributed by atoms with Crippen LogP contribution in [0.1, 0.15) is 33.6 Å². The molecule has 1 unspecified atom stereocenters. The molecular weight excluding hydrogens is 479 g/mol. The molecule has 1 atom stereocenters. The molecule has 1 N–H and O–H groups in total. The number of ether oxygens (including phenoxy) is 1. The lowest BCUT2D eigenvalue weighted by Crippen LogP contribution is -2.44. The first-order valence-electron chi connectivity index (χ1n) is 13.5. The van der Waals surface area contributed by atoms with Gasteiger partial charge in [-0.3, -0.25) is 4.98 Å². The summed E-state index contributed by atoms with van der Waals surface area (Å²) in [5, 5.41) is 5.80. The highest BCUT2D eigenvalue weighted by Gasteiger charge is 2.22. The molecule has 8 heteroatoms. The molecule has 0 amide bonds. The molecule has 202 valence electrons. The number of rotatable bonds is 10. The molecule has 0 radical (unpaired) electrons. The number of anilines is 1. The number of halogens is 1. The Morgan fingerprint density at radius 3 is 2.76 bits per heavy atom. The third-order valence-electron chi connectivity index (χ3n) is 7.15. The summed E-state index contributed by atoms with van der Waals surface area (Å²) in [7, 11) is 2.12. The van der Waals surface area contributed by atoms with Crippen molar-refractivity contribution < 1.29 is 9.13 Å². The summed E-state index contributed by atoms with van der Waals surface area (Å²) in [6.07, 6.45) is 9.20. The van der Waals surface area contributed by atoms with Gasteiger partial charge in [0.25, 0.3) is 0 Å². The van der Waals surface area contributed by atoms with Gasteiger partial charge in [-0.05, 0) is 50.7 Å². The van der Waals surface area contributed by atoms with Crippen LogP contribution in [0, 0.1) is 5.82 Å². The maximum absolute atomic E-state index is 16.3. The molecule has 1 aliphatic heterocycles. The van der Waals surface area contributed by atoms with Crippen LogP contribution in [-0.4, -0.2) is 72.3 Å². The lowest BCUT2D eigenvalue weighted by atomic mass is 10.0. The summed E-state index contributed by atoms with van der Waals surface area (Å²) in [6, 6.07) is 6.34.